The highest BCUT2D eigenvalue weighted by Gasteiger charge is 2.29. The van der Waals surface area contributed by atoms with E-state index < -0.39 is 20.9 Å². The molecule has 0 amide bonds. The van der Waals surface area contributed by atoms with Crippen molar-refractivity contribution in [2.75, 3.05) is 0 Å². The molecule has 142 valence electrons. The van der Waals surface area contributed by atoms with E-state index in [-0.39, 0.29) is 22.5 Å². The van der Waals surface area contributed by atoms with E-state index >= 15 is 0 Å². The molecule has 1 aromatic heterocycles. The van der Waals surface area contributed by atoms with Crippen LogP contribution < -0.4 is 0 Å². The normalized spacial score (nSPS) is 12.9. The van der Waals surface area contributed by atoms with Crippen molar-refractivity contribution < 1.29 is 17.3 Å². The fraction of sp³-hybridized carbons (Fsp3) is 0.222. The van der Waals surface area contributed by atoms with E-state index in [1.807, 2.05) is 0 Å². The zero-order valence-electron chi connectivity index (χ0n) is 14.4. The molecule has 27 heavy (non-hydrogen) atoms. The van der Waals surface area contributed by atoms with Crippen LogP contribution >= 0.6 is 23.2 Å². The van der Waals surface area contributed by atoms with Crippen molar-refractivity contribution >= 4 is 33.0 Å². The zero-order chi connectivity index (χ0) is 19.8. The van der Waals surface area contributed by atoms with E-state index in [0.29, 0.717) is 21.7 Å². The lowest BCUT2D eigenvalue weighted by Crippen LogP contribution is -2.13. The van der Waals surface area contributed by atoms with Gasteiger partial charge in [-0.3, -0.25) is 0 Å². The standard InChI is InChI=1S/C18H15Cl2FN2O3S/c1-10-3-4-12(7-16(10)21)17-22-18(26-23-17)11(2)27(24,25)9-13-5-6-14(19)8-15(13)20/h3-8,11H,9H2,1-2H3. The van der Waals surface area contributed by atoms with Crippen molar-refractivity contribution in [1.29, 1.82) is 0 Å². The minimum Gasteiger partial charge on any atom is -0.338 e. The Hall–Kier alpha value is -1.96. The summed E-state index contributed by atoms with van der Waals surface area (Å²) < 4.78 is 44.2. The first kappa shape index (κ1) is 19.8. The van der Waals surface area contributed by atoms with Crippen LogP contribution in [0, 0.1) is 12.7 Å². The van der Waals surface area contributed by atoms with Crippen molar-refractivity contribution in [2.24, 2.45) is 0 Å². The number of aromatic nitrogens is 2. The first-order chi connectivity index (χ1) is 12.7. The maximum atomic E-state index is 13.7. The van der Waals surface area contributed by atoms with Crippen molar-refractivity contribution in [3.8, 4) is 11.4 Å². The van der Waals surface area contributed by atoms with Gasteiger partial charge in [0.1, 0.15) is 11.1 Å². The summed E-state index contributed by atoms with van der Waals surface area (Å²) in [5.74, 6) is -0.662. The number of benzene rings is 2. The highest BCUT2D eigenvalue weighted by atomic mass is 35.5. The van der Waals surface area contributed by atoms with Gasteiger partial charge in [0.05, 0.1) is 5.75 Å². The van der Waals surface area contributed by atoms with Crippen molar-refractivity contribution in [2.45, 2.75) is 24.9 Å². The minimum atomic E-state index is -3.68. The summed E-state index contributed by atoms with van der Waals surface area (Å²) in [6, 6.07) is 9.11. The van der Waals surface area contributed by atoms with E-state index in [0.717, 1.165) is 0 Å². The molecule has 1 heterocycles. The number of sulfone groups is 1. The maximum absolute atomic E-state index is 13.7. The zero-order valence-corrected chi connectivity index (χ0v) is 16.7. The number of rotatable bonds is 5. The van der Waals surface area contributed by atoms with Crippen LogP contribution in [0.25, 0.3) is 11.4 Å². The quantitative estimate of drug-likeness (QED) is 0.560. The van der Waals surface area contributed by atoms with Gasteiger partial charge in [-0.05, 0) is 43.2 Å². The lowest BCUT2D eigenvalue weighted by Gasteiger charge is -2.10. The van der Waals surface area contributed by atoms with Gasteiger partial charge in [-0.1, -0.05) is 46.6 Å². The molecule has 0 fully saturated rings. The van der Waals surface area contributed by atoms with Gasteiger partial charge in [0, 0.05) is 15.6 Å². The van der Waals surface area contributed by atoms with E-state index in [2.05, 4.69) is 10.1 Å². The summed E-state index contributed by atoms with van der Waals surface area (Å²) >= 11 is 11.9. The molecule has 9 heteroatoms. The van der Waals surface area contributed by atoms with Gasteiger partial charge in [-0.2, -0.15) is 4.98 Å². The van der Waals surface area contributed by atoms with Gasteiger partial charge in [0.2, 0.25) is 11.7 Å². The fourth-order valence-corrected chi connectivity index (χ4v) is 4.28. The Balaban J connectivity index is 1.85. The summed E-state index contributed by atoms with van der Waals surface area (Å²) in [7, 11) is -3.68. The molecule has 0 spiro atoms. The van der Waals surface area contributed by atoms with Gasteiger partial charge >= 0.3 is 0 Å². The largest absolute Gasteiger partial charge is 0.338 e. The molecule has 3 rings (SSSR count). The predicted octanol–water partition coefficient (Wildman–Crippen LogP) is 5.17. The molecule has 0 saturated heterocycles. The summed E-state index contributed by atoms with van der Waals surface area (Å²) in [6.07, 6.45) is 0. The number of hydrogen-bond acceptors (Lipinski definition) is 5. The van der Waals surface area contributed by atoms with E-state index in [1.165, 1.54) is 19.1 Å². The minimum absolute atomic E-state index is 0.0731. The molecular formula is C18H15Cl2FN2O3S. The number of aryl methyl sites for hydroxylation is 1. The van der Waals surface area contributed by atoms with E-state index in [1.54, 1.807) is 31.2 Å². The molecule has 0 saturated carbocycles. The highest BCUT2D eigenvalue weighted by molar-refractivity contribution is 7.90. The molecule has 1 atom stereocenters. The van der Waals surface area contributed by atoms with Crippen molar-refractivity contribution in [3.63, 3.8) is 0 Å². The second kappa shape index (κ2) is 7.58. The molecule has 0 aliphatic carbocycles. The van der Waals surface area contributed by atoms with Gasteiger partial charge in [0.25, 0.3) is 0 Å². The molecule has 0 aliphatic rings. The Morgan fingerprint density at radius 2 is 1.93 bits per heavy atom. The maximum Gasteiger partial charge on any atom is 0.245 e. The molecule has 0 bridgehead atoms. The summed E-state index contributed by atoms with van der Waals surface area (Å²) in [6.45, 7) is 3.09. The third-order valence-corrected chi connectivity index (χ3v) is 6.71. The Morgan fingerprint density at radius 1 is 1.19 bits per heavy atom. The molecule has 2 aromatic carbocycles. The van der Waals surface area contributed by atoms with Gasteiger partial charge in [-0.15, -0.1) is 0 Å². The Bertz CT molecular complexity index is 1100. The van der Waals surface area contributed by atoms with Crippen LogP contribution in [0.1, 0.15) is 29.2 Å². The number of halogens is 3. The topological polar surface area (TPSA) is 73.1 Å². The second-order valence-electron chi connectivity index (χ2n) is 6.11. The fourth-order valence-electron chi connectivity index (χ4n) is 2.38. The van der Waals surface area contributed by atoms with Crippen LogP contribution in [0.3, 0.4) is 0 Å². The van der Waals surface area contributed by atoms with E-state index in [9.17, 15) is 12.8 Å². The van der Waals surface area contributed by atoms with Crippen LogP contribution in [0.4, 0.5) is 4.39 Å². The second-order valence-corrected chi connectivity index (χ2v) is 9.27. The predicted molar refractivity (Wildman–Crippen MR) is 102 cm³/mol. The van der Waals surface area contributed by atoms with Crippen LogP contribution in [0.15, 0.2) is 40.9 Å². The lowest BCUT2D eigenvalue weighted by molar-refractivity contribution is 0.377. The van der Waals surface area contributed by atoms with Gasteiger partial charge < -0.3 is 4.52 Å². The lowest BCUT2D eigenvalue weighted by atomic mass is 10.1. The number of hydrogen-bond donors (Lipinski definition) is 0. The molecule has 5 nitrogen and oxygen atoms in total. The van der Waals surface area contributed by atoms with E-state index in [4.69, 9.17) is 27.7 Å². The monoisotopic (exact) mass is 428 g/mol. The summed E-state index contributed by atoms with van der Waals surface area (Å²) in [4.78, 5) is 4.12. The van der Waals surface area contributed by atoms with Crippen LogP contribution in [-0.4, -0.2) is 18.6 Å². The first-order valence-corrected chi connectivity index (χ1v) is 10.4. The Kier molecular flexibility index (Phi) is 5.55. The average molecular weight is 429 g/mol. The molecule has 0 radical (unpaired) electrons. The van der Waals surface area contributed by atoms with Crippen LogP contribution in [0.5, 0.6) is 0 Å². The first-order valence-electron chi connectivity index (χ1n) is 7.93. The van der Waals surface area contributed by atoms with Gasteiger partial charge in [-0.25, -0.2) is 12.8 Å². The van der Waals surface area contributed by atoms with Crippen LogP contribution in [0.2, 0.25) is 10.0 Å². The highest BCUT2D eigenvalue weighted by Crippen LogP contribution is 2.29. The smallest absolute Gasteiger partial charge is 0.245 e. The Labute approximate surface area is 166 Å². The third kappa shape index (κ3) is 4.31. The SMILES string of the molecule is Cc1ccc(-c2noc(C(C)S(=O)(=O)Cc3ccc(Cl)cc3Cl)n2)cc1F. The molecule has 0 aliphatic heterocycles. The molecule has 3 aromatic rings. The van der Waals surface area contributed by atoms with Crippen molar-refractivity contribution in [3.05, 3.63) is 69.3 Å². The van der Waals surface area contributed by atoms with Crippen molar-refractivity contribution in [1.82, 2.24) is 10.1 Å². The summed E-state index contributed by atoms with van der Waals surface area (Å²) in [5, 5.41) is 3.39. The van der Waals surface area contributed by atoms with Gasteiger partial charge in [0.15, 0.2) is 9.84 Å². The molecule has 0 N–H and O–H groups in total. The van der Waals surface area contributed by atoms with Crippen LogP contribution in [-0.2, 0) is 15.6 Å². The average Bonchev–Trinajstić information content (AvgIpc) is 3.09. The molecule has 1 unspecified atom stereocenters. The summed E-state index contributed by atoms with van der Waals surface area (Å²) in [5.41, 5.74) is 1.31. The number of nitrogens with zero attached hydrogens (tertiary/aromatic N) is 2. The third-order valence-electron chi connectivity index (χ3n) is 4.13. The molecular weight excluding hydrogens is 414 g/mol. The Morgan fingerprint density at radius 3 is 2.59 bits per heavy atom.